The molecule has 0 aliphatic carbocycles. The van der Waals surface area contributed by atoms with E-state index in [4.69, 9.17) is 5.11 Å². The minimum Gasteiger partial charge on any atom is -0.480 e. The maximum absolute atomic E-state index is 13.0. The van der Waals surface area contributed by atoms with Crippen LogP contribution in [0.15, 0.2) is 47.3 Å². The largest absolute Gasteiger partial charge is 0.480 e. The number of aromatic nitrogens is 2. The summed E-state index contributed by atoms with van der Waals surface area (Å²) in [5.74, 6) is -1.65. The van der Waals surface area contributed by atoms with E-state index in [2.05, 4.69) is 4.98 Å². The van der Waals surface area contributed by atoms with Crippen LogP contribution in [0.2, 0.25) is 0 Å². The number of fused-ring (bicyclic) bond motifs is 1. The van der Waals surface area contributed by atoms with Crippen LogP contribution < -0.4 is 5.56 Å². The molecule has 0 bridgehead atoms. The smallest absolute Gasteiger partial charge is 0.323 e. The molecule has 0 unspecified atom stereocenters. The number of carboxylic acid groups (broad SMARTS) is 1. The molecule has 0 spiro atoms. The molecular weight excluding hydrogens is 357 g/mol. The summed E-state index contributed by atoms with van der Waals surface area (Å²) in [5, 5.41) is 20.0. The van der Waals surface area contributed by atoms with Crippen molar-refractivity contribution in [3.05, 3.63) is 80.0 Å². The van der Waals surface area contributed by atoms with Gasteiger partial charge in [0.2, 0.25) is 0 Å². The number of benzene rings is 2. The van der Waals surface area contributed by atoms with E-state index in [1.54, 1.807) is 0 Å². The van der Waals surface area contributed by atoms with Crippen molar-refractivity contribution in [3.63, 3.8) is 0 Å². The Morgan fingerprint density at radius 3 is 2.56 bits per heavy atom. The average Bonchev–Trinajstić information content (AvgIpc) is 2.63. The highest BCUT2D eigenvalue weighted by Crippen LogP contribution is 2.19. The van der Waals surface area contributed by atoms with Crippen LogP contribution in [0.4, 0.5) is 10.1 Å². The Balaban J connectivity index is 2.17. The fourth-order valence-electron chi connectivity index (χ4n) is 2.52. The van der Waals surface area contributed by atoms with Gasteiger partial charge in [-0.2, -0.15) is 0 Å². The van der Waals surface area contributed by atoms with E-state index in [0.29, 0.717) is 5.56 Å². The lowest BCUT2D eigenvalue weighted by Crippen LogP contribution is -2.27. The molecule has 27 heavy (non-hydrogen) atoms. The molecule has 0 saturated heterocycles. The average molecular weight is 369 g/mol. The highest BCUT2D eigenvalue weighted by molar-refractivity contribution is 5.81. The lowest BCUT2D eigenvalue weighted by molar-refractivity contribution is -0.384. The summed E-state index contributed by atoms with van der Waals surface area (Å²) in [5.41, 5.74) is -0.0908. The maximum atomic E-state index is 13.0. The van der Waals surface area contributed by atoms with Crippen LogP contribution in [0.25, 0.3) is 23.2 Å². The van der Waals surface area contributed by atoms with E-state index < -0.39 is 28.8 Å². The van der Waals surface area contributed by atoms with Crippen molar-refractivity contribution in [2.24, 2.45) is 0 Å². The zero-order valence-electron chi connectivity index (χ0n) is 13.7. The summed E-state index contributed by atoms with van der Waals surface area (Å²) < 4.78 is 14.0. The molecule has 9 heteroatoms. The van der Waals surface area contributed by atoms with Gasteiger partial charge in [-0.3, -0.25) is 24.3 Å². The highest BCUT2D eigenvalue weighted by Gasteiger charge is 2.15. The highest BCUT2D eigenvalue weighted by atomic mass is 19.1. The van der Waals surface area contributed by atoms with Gasteiger partial charge in [0.25, 0.3) is 11.2 Å². The van der Waals surface area contributed by atoms with Crippen LogP contribution in [0.1, 0.15) is 11.3 Å². The number of aliphatic carboxylic acids is 1. The van der Waals surface area contributed by atoms with Gasteiger partial charge < -0.3 is 5.11 Å². The second kappa shape index (κ2) is 7.16. The lowest BCUT2D eigenvalue weighted by Gasteiger charge is -2.09. The first-order valence-electron chi connectivity index (χ1n) is 7.69. The van der Waals surface area contributed by atoms with Crippen molar-refractivity contribution in [1.29, 1.82) is 0 Å². The van der Waals surface area contributed by atoms with Gasteiger partial charge in [0.1, 0.15) is 18.1 Å². The van der Waals surface area contributed by atoms with Crippen LogP contribution in [0.3, 0.4) is 0 Å². The Bertz CT molecular complexity index is 1140. The second-order valence-corrected chi connectivity index (χ2v) is 5.60. The summed E-state index contributed by atoms with van der Waals surface area (Å²) >= 11 is 0. The molecule has 0 aliphatic heterocycles. The Morgan fingerprint density at radius 2 is 1.93 bits per heavy atom. The molecule has 136 valence electrons. The molecule has 0 amide bonds. The molecule has 0 fully saturated rings. The number of rotatable bonds is 5. The zero-order chi connectivity index (χ0) is 19.6. The van der Waals surface area contributed by atoms with Crippen LogP contribution in [0.5, 0.6) is 0 Å². The summed E-state index contributed by atoms with van der Waals surface area (Å²) in [7, 11) is 0. The predicted molar refractivity (Wildman–Crippen MR) is 95.6 cm³/mol. The molecular formula is C18H12FN3O5. The maximum Gasteiger partial charge on any atom is 0.323 e. The number of hydrogen-bond donors (Lipinski definition) is 1. The first-order valence-corrected chi connectivity index (χ1v) is 7.69. The van der Waals surface area contributed by atoms with E-state index in [-0.39, 0.29) is 22.4 Å². The fourth-order valence-corrected chi connectivity index (χ4v) is 2.52. The van der Waals surface area contributed by atoms with Gasteiger partial charge in [0.05, 0.1) is 16.0 Å². The third kappa shape index (κ3) is 3.87. The monoisotopic (exact) mass is 369 g/mol. The molecule has 0 saturated carbocycles. The normalized spacial score (nSPS) is 11.1. The molecule has 3 aromatic rings. The predicted octanol–water partition coefficient (Wildman–Crippen LogP) is 2.70. The number of carboxylic acids is 1. The lowest BCUT2D eigenvalue weighted by atomic mass is 10.2. The van der Waals surface area contributed by atoms with Gasteiger partial charge in [-0.1, -0.05) is 18.2 Å². The third-order valence-electron chi connectivity index (χ3n) is 3.76. The van der Waals surface area contributed by atoms with Crippen molar-refractivity contribution < 1.29 is 19.2 Å². The zero-order valence-corrected chi connectivity index (χ0v) is 13.7. The molecule has 2 aromatic carbocycles. The Kier molecular flexibility index (Phi) is 4.75. The van der Waals surface area contributed by atoms with Gasteiger partial charge >= 0.3 is 5.97 Å². The number of hydrogen-bond acceptors (Lipinski definition) is 5. The molecule has 1 N–H and O–H groups in total. The van der Waals surface area contributed by atoms with Crippen LogP contribution >= 0.6 is 0 Å². The van der Waals surface area contributed by atoms with Crippen LogP contribution in [-0.4, -0.2) is 25.6 Å². The number of nitrogens with zero attached hydrogens (tertiary/aromatic N) is 3. The van der Waals surface area contributed by atoms with Crippen molar-refractivity contribution in [3.8, 4) is 0 Å². The summed E-state index contributed by atoms with van der Waals surface area (Å²) in [4.78, 5) is 38.2. The second-order valence-electron chi connectivity index (χ2n) is 5.60. The Labute approximate surface area is 151 Å². The number of halogens is 1. The Hall–Kier alpha value is -3.88. The molecule has 0 atom stereocenters. The molecule has 0 radical (unpaired) electrons. The van der Waals surface area contributed by atoms with E-state index in [1.807, 2.05) is 0 Å². The van der Waals surface area contributed by atoms with E-state index in [0.717, 1.165) is 4.57 Å². The minimum atomic E-state index is -1.24. The quantitative estimate of drug-likeness (QED) is 0.546. The number of nitro groups is 1. The summed E-state index contributed by atoms with van der Waals surface area (Å²) in [6.45, 7) is -0.618. The Morgan fingerprint density at radius 1 is 1.22 bits per heavy atom. The standard InChI is InChI=1S/C18H12FN3O5/c19-12-4-1-11(2-5-12)3-7-14-18(25)21(10-17(23)24)16-8-6-13(22(26)27)9-15(16)20-14/h1-9H,10H2,(H,23,24)/b7-3+. The van der Waals surface area contributed by atoms with Crippen molar-refractivity contribution in [2.45, 2.75) is 6.54 Å². The minimum absolute atomic E-state index is 0.0893. The van der Waals surface area contributed by atoms with Gasteiger partial charge in [-0.15, -0.1) is 0 Å². The van der Waals surface area contributed by atoms with E-state index in [1.165, 1.54) is 54.6 Å². The molecule has 3 rings (SSSR count). The summed E-state index contributed by atoms with van der Waals surface area (Å²) in [6, 6.07) is 9.12. The van der Waals surface area contributed by atoms with E-state index in [9.17, 15) is 24.1 Å². The van der Waals surface area contributed by atoms with Gasteiger partial charge in [0, 0.05) is 12.1 Å². The third-order valence-corrected chi connectivity index (χ3v) is 3.76. The topological polar surface area (TPSA) is 115 Å². The molecule has 0 aliphatic rings. The van der Waals surface area contributed by atoms with Crippen LogP contribution in [-0.2, 0) is 11.3 Å². The van der Waals surface area contributed by atoms with Gasteiger partial charge in [-0.25, -0.2) is 9.37 Å². The molecule has 1 heterocycles. The first-order chi connectivity index (χ1) is 12.8. The SMILES string of the molecule is O=C(O)Cn1c(=O)c(/C=C/c2ccc(F)cc2)nc2cc([N+](=O)[O-])ccc21. The number of carbonyl (C=O) groups is 1. The molecule has 8 nitrogen and oxygen atoms in total. The number of non-ortho nitro benzene ring substituents is 1. The van der Waals surface area contributed by atoms with Gasteiger partial charge in [0.15, 0.2) is 0 Å². The summed E-state index contributed by atoms with van der Waals surface area (Å²) in [6.07, 6.45) is 2.86. The van der Waals surface area contributed by atoms with Crippen LogP contribution in [0, 0.1) is 15.9 Å². The van der Waals surface area contributed by atoms with Crippen molar-refractivity contribution in [1.82, 2.24) is 9.55 Å². The van der Waals surface area contributed by atoms with Gasteiger partial charge in [-0.05, 0) is 29.8 Å². The molecule has 1 aromatic heterocycles. The van der Waals surface area contributed by atoms with Crippen molar-refractivity contribution in [2.75, 3.05) is 0 Å². The fraction of sp³-hybridized carbons (Fsp3) is 0.0556. The van der Waals surface area contributed by atoms with E-state index >= 15 is 0 Å². The number of nitro benzene ring substituents is 1. The van der Waals surface area contributed by atoms with Crippen molar-refractivity contribution >= 4 is 34.8 Å². The first kappa shape index (κ1) is 17.9.